The number of guanidine groups is 1. The van der Waals surface area contributed by atoms with E-state index in [1.165, 1.54) is 24.3 Å². The van der Waals surface area contributed by atoms with Crippen LogP contribution in [0.2, 0.25) is 0 Å². The first kappa shape index (κ1) is 82.1. The number of aliphatic imine (C=N–C) groups is 1. The van der Waals surface area contributed by atoms with Crippen LogP contribution < -0.4 is 76.1 Å². The van der Waals surface area contributed by atoms with Gasteiger partial charge in [-0.05, 0) is 94.4 Å². The van der Waals surface area contributed by atoms with Crippen molar-refractivity contribution in [1.82, 2.24) is 68.0 Å². The number of hydrogen-bond donors (Lipinski definition) is 18. The molecule has 0 unspecified atom stereocenters. The molecule has 1 aromatic rings. The number of amides is 11. The molecule has 2 rings (SSSR count). The van der Waals surface area contributed by atoms with Crippen molar-refractivity contribution in [2.24, 2.45) is 51.6 Å². The van der Waals surface area contributed by atoms with Crippen LogP contribution in [0.4, 0.5) is 0 Å². The Labute approximate surface area is 552 Å². The zero-order valence-electron chi connectivity index (χ0n) is 55.6. The Bertz CT molecular complexity index is 2780. The number of unbranched alkanes of at least 4 members (excludes halogenated alkanes) is 1. The molecule has 0 spiro atoms. The number of H-pyrrole nitrogens is 1. The fourth-order valence-electron chi connectivity index (χ4n) is 10.2. The summed E-state index contributed by atoms with van der Waals surface area (Å²) in [5.74, 6) is -16.1. The average molecular weight is 1350 g/mol. The monoisotopic (exact) mass is 1350 g/mol. The van der Waals surface area contributed by atoms with E-state index in [9.17, 15) is 77.3 Å². The molecule has 1 aromatic heterocycles. The average Bonchev–Trinajstić information content (AvgIpc) is 1.81. The number of carboxylic acid groups (broad SMARTS) is 3. The molecular formula is C60H102N18O17. The van der Waals surface area contributed by atoms with Crippen molar-refractivity contribution in [3.05, 3.63) is 18.2 Å². The number of imidazole rings is 1. The Hall–Kier alpha value is -9.02. The second-order valence-electron chi connectivity index (χ2n) is 24.5. The van der Waals surface area contributed by atoms with Gasteiger partial charge in [-0.2, -0.15) is 0 Å². The van der Waals surface area contributed by atoms with Crippen LogP contribution in [0.15, 0.2) is 17.5 Å². The van der Waals surface area contributed by atoms with E-state index in [1.807, 2.05) is 13.8 Å². The SMILES string of the molecule is CC[C@H](C)[C@H](NC(=O)[C@H](CC(=O)O)NC(=O)[C@@H](NC(=O)[C@H](CC(C)C)NC(=O)[C@H](Cc1cnc[nH]1)NC(=O)[C@@H]1CCCN1C(=O)[C@H](CC(C)C)NC(=O)CN)[C@@H](C)CC)C(=O)N[C@@H](CCC(=O)O)C(=O)N[C@@H](CCCCN)C(=O)N[C@@H](CCCN=C(N)N)C(=O)NCC(=O)O. The predicted octanol–water partition coefficient (Wildman–Crippen LogP) is -3.83. The lowest BCUT2D eigenvalue weighted by molar-refractivity contribution is -0.142. The molecule has 1 saturated heterocycles. The van der Waals surface area contributed by atoms with E-state index < -0.39 is 181 Å². The fraction of sp³-hybridized carbons (Fsp3) is 0.700. The van der Waals surface area contributed by atoms with Gasteiger partial charge in [0.05, 0.1) is 19.3 Å². The van der Waals surface area contributed by atoms with Gasteiger partial charge < -0.3 is 101 Å². The molecule has 0 saturated carbocycles. The van der Waals surface area contributed by atoms with Gasteiger partial charge in [-0.3, -0.25) is 72.1 Å². The van der Waals surface area contributed by atoms with Crippen molar-refractivity contribution in [2.75, 3.05) is 32.7 Å². The van der Waals surface area contributed by atoms with Gasteiger partial charge in [0.25, 0.3) is 0 Å². The minimum atomic E-state index is -1.93. The molecule has 0 aromatic carbocycles. The molecule has 0 bridgehead atoms. The Kier molecular flexibility index (Phi) is 36.6. The summed E-state index contributed by atoms with van der Waals surface area (Å²) >= 11 is 0. The first-order valence-electron chi connectivity index (χ1n) is 32.2. The third-order valence-corrected chi connectivity index (χ3v) is 15.8. The van der Waals surface area contributed by atoms with Gasteiger partial charge in [0.2, 0.25) is 65.0 Å². The molecule has 35 nitrogen and oxygen atoms in total. The number of carbonyl (C=O) groups excluding carboxylic acids is 11. The maximum atomic E-state index is 14.5. The zero-order chi connectivity index (χ0) is 71.6. The van der Waals surface area contributed by atoms with Crippen molar-refractivity contribution >= 4 is 88.8 Å². The van der Waals surface area contributed by atoms with Crippen LogP contribution in [0, 0.1) is 23.7 Å². The van der Waals surface area contributed by atoms with Gasteiger partial charge >= 0.3 is 17.9 Å². The summed E-state index contributed by atoms with van der Waals surface area (Å²) in [6, 6.07) is -14.3. The molecule has 12 atom stereocenters. The molecular weight excluding hydrogens is 1240 g/mol. The molecule has 1 aliphatic heterocycles. The van der Waals surface area contributed by atoms with E-state index in [0.717, 1.165) is 0 Å². The molecule has 35 heteroatoms. The molecule has 534 valence electrons. The van der Waals surface area contributed by atoms with Crippen LogP contribution in [0.1, 0.15) is 151 Å². The molecule has 1 aliphatic rings. The summed E-state index contributed by atoms with van der Waals surface area (Å²) in [6.07, 6.45) is 2.14. The highest BCUT2D eigenvalue weighted by molar-refractivity contribution is 6.00. The second-order valence-corrected chi connectivity index (χ2v) is 24.5. The van der Waals surface area contributed by atoms with Crippen LogP contribution in [0.5, 0.6) is 0 Å². The van der Waals surface area contributed by atoms with Crippen LogP contribution in [-0.4, -0.2) is 212 Å². The molecule has 11 amide bonds. The fourth-order valence-corrected chi connectivity index (χ4v) is 10.2. The van der Waals surface area contributed by atoms with Gasteiger partial charge in [-0.25, -0.2) is 4.98 Å². The first-order chi connectivity index (χ1) is 44.8. The predicted molar refractivity (Wildman–Crippen MR) is 344 cm³/mol. The van der Waals surface area contributed by atoms with Crippen LogP contribution in [0.3, 0.4) is 0 Å². The Morgan fingerprint density at radius 3 is 1.60 bits per heavy atom. The maximum absolute atomic E-state index is 14.5. The number of nitrogens with zero attached hydrogens (tertiary/aromatic N) is 3. The first-order valence-corrected chi connectivity index (χ1v) is 32.2. The van der Waals surface area contributed by atoms with Gasteiger partial charge in [-0.15, -0.1) is 0 Å². The van der Waals surface area contributed by atoms with E-state index >= 15 is 0 Å². The van der Waals surface area contributed by atoms with Crippen molar-refractivity contribution in [3.63, 3.8) is 0 Å². The van der Waals surface area contributed by atoms with Gasteiger partial charge in [0, 0.05) is 37.8 Å². The number of nitrogens with one attached hydrogen (secondary N) is 11. The zero-order valence-corrected chi connectivity index (χ0v) is 55.6. The van der Waals surface area contributed by atoms with Crippen molar-refractivity contribution in [3.8, 4) is 0 Å². The lowest BCUT2D eigenvalue weighted by Crippen LogP contribution is -2.62. The van der Waals surface area contributed by atoms with Crippen LogP contribution in [-0.2, 0) is 73.5 Å². The summed E-state index contributed by atoms with van der Waals surface area (Å²) in [6.45, 7) is 12.9. The van der Waals surface area contributed by atoms with E-state index in [1.54, 1.807) is 34.6 Å². The minimum Gasteiger partial charge on any atom is -0.481 e. The number of rotatable bonds is 45. The van der Waals surface area contributed by atoms with Gasteiger partial charge in [0.15, 0.2) is 5.96 Å². The lowest BCUT2D eigenvalue weighted by Gasteiger charge is -2.31. The summed E-state index contributed by atoms with van der Waals surface area (Å²) in [5.41, 5.74) is 22.5. The largest absolute Gasteiger partial charge is 0.481 e. The van der Waals surface area contributed by atoms with Crippen LogP contribution >= 0.6 is 0 Å². The van der Waals surface area contributed by atoms with Gasteiger partial charge in [-0.1, -0.05) is 68.2 Å². The molecule has 0 aliphatic carbocycles. The number of aliphatic carboxylic acids is 3. The third-order valence-electron chi connectivity index (χ3n) is 15.8. The molecule has 22 N–H and O–H groups in total. The summed E-state index contributed by atoms with van der Waals surface area (Å²) < 4.78 is 0. The topological polar surface area (TPSA) is 568 Å². The van der Waals surface area contributed by atoms with E-state index in [2.05, 4.69) is 68.1 Å². The standard InChI is InChI=1S/C60H102N18O17/c1-9-33(7)48(57(93)72-38(18-19-45(80)81)52(88)71-37(15-11-12-20-61)51(87)70-36(16-13-21-66-60(63)64)50(86)67-29-47(84)85)77-55(91)41(26-46(82)83)75-58(94)49(34(8)10-2)76-54(90)39(23-31(3)4)73-53(89)40(25-35-28-65-30-68-35)74-56(92)43-17-14-22-78(43)59(95)42(24-32(5)6)69-44(79)27-62/h28,30-34,36-43,48-49H,9-27,29,61-62H2,1-8H3,(H,65,68)(H,67,86)(H,69,79)(H,70,87)(H,71,88)(H,72,93)(H,73,89)(H,74,92)(H,75,94)(H,76,90)(H,77,91)(H,80,81)(H,82,83)(H,84,85)(H4,63,64,66)/t33-,34-,36-,37-,38-,39-,40-,41-,42-,43-,48-,49-/m0/s1. The number of carboxylic acids is 3. The number of aromatic nitrogens is 2. The highest BCUT2D eigenvalue weighted by Crippen LogP contribution is 2.22. The number of likely N-dealkylation sites (tertiary alicyclic amines) is 1. The minimum absolute atomic E-state index is 0.0117. The van der Waals surface area contributed by atoms with Crippen molar-refractivity contribution < 1.29 is 82.4 Å². The molecule has 95 heavy (non-hydrogen) atoms. The number of aromatic amines is 1. The maximum Gasteiger partial charge on any atom is 0.322 e. The lowest BCUT2D eigenvalue weighted by atomic mass is 9.95. The molecule has 1 fully saturated rings. The summed E-state index contributed by atoms with van der Waals surface area (Å²) in [5, 5.41) is 54.2. The summed E-state index contributed by atoms with van der Waals surface area (Å²) in [4.78, 5) is 202. The number of carbonyl (C=O) groups is 14. The Balaban J connectivity index is 2.49. The Morgan fingerprint density at radius 2 is 1.09 bits per heavy atom. The van der Waals surface area contributed by atoms with Crippen LogP contribution in [0.25, 0.3) is 0 Å². The summed E-state index contributed by atoms with van der Waals surface area (Å²) in [7, 11) is 0. The second kappa shape index (κ2) is 42.3. The molecule has 0 radical (unpaired) electrons. The number of nitrogens with two attached hydrogens (primary N) is 4. The van der Waals surface area contributed by atoms with E-state index in [4.69, 9.17) is 28.0 Å². The highest BCUT2D eigenvalue weighted by Gasteiger charge is 2.41. The normalized spacial score (nSPS) is 16.3. The van der Waals surface area contributed by atoms with Crippen molar-refractivity contribution in [2.45, 2.75) is 212 Å². The number of hydrogen-bond acceptors (Lipinski definition) is 18. The van der Waals surface area contributed by atoms with Crippen molar-refractivity contribution in [1.29, 1.82) is 0 Å². The Morgan fingerprint density at radius 1 is 0.589 bits per heavy atom. The van der Waals surface area contributed by atoms with E-state index in [-0.39, 0.29) is 108 Å². The van der Waals surface area contributed by atoms with Gasteiger partial charge in [0.1, 0.15) is 67.0 Å². The smallest absolute Gasteiger partial charge is 0.322 e. The molecule has 2 heterocycles. The van der Waals surface area contributed by atoms with E-state index in [0.29, 0.717) is 18.5 Å². The highest BCUT2D eigenvalue weighted by atomic mass is 16.4. The quantitative estimate of drug-likeness (QED) is 0.0169. The third kappa shape index (κ3) is 29.9.